The van der Waals surface area contributed by atoms with Crippen LogP contribution in [0.15, 0.2) is 22.7 Å². The summed E-state index contributed by atoms with van der Waals surface area (Å²) in [6.07, 6.45) is 1.32. The second-order valence-electron chi connectivity index (χ2n) is 5.52. The minimum Gasteiger partial charge on any atom is -0.490 e. The molecule has 3 heteroatoms. The zero-order valence-electron chi connectivity index (χ0n) is 12.7. The highest BCUT2D eigenvalue weighted by atomic mass is 79.9. The molecule has 2 atom stereocenters. The Morgan fingerprint density at radius 1 is 1.21 bits per heavy atom. The van der Waals surface area contributed by atoms with Crippen LogP contribution < -0.4 is 10.1 Å². The molecule has 0 radical (unpaired) electrons. The summed E-state index contributed by atoms with van der Waals surface area (Å²) < 4.78 is 7.21. The normalized spacial score (nSPS) is 14.5. The van der Waals surface area contributed by atoms with Crippen molar-refractivity contribution in [1.82, 2.24) is 5.32 Å². The van der Waals surface area contributed by atoms with E-state index in [2.05, 4.69) is 68.0 Å². The molecule has 0 spiro atoms. The van der Waals surface area contributed by atoms with Crippen molar-refractivity contribution in [3.8, 4) is 5.75 Å². The van der Waals surface area contributed by atoms with Crippen molar-refractivity contribution in [3.05, 3.63) is 28.2 Å². The molecule has 0 aliphatic heterocycles. The number of halogens is 1. The zero-order chi connectivity index (χ0) is 14.4. The van der Waals surface area contributed by atoms with Gasteiger partial charge in [-0.05, 0) is 50.9 Å². The summed E-state index contributed by atoms with van der Waals surface area (Å²) >= 11 is 3.54. The predicted molar refractivity (Wildman–Crippen MR) is 85.8 cm³/mol. The second-order valence-corrected chi connectivity index (χ2v) is 6.44. The molecule has 0 fully saturated rings. The maximum Gasteiger partial charge on any atom is 0.124 e. The third-order valence-electron chi connectivity index (χ3n) is 3.08. The average molecular weight is 328 g/mol. The highest BCUT2D eigenvalue weighted by molar-refractivity contribution is 9.10. The van der Waals surface area contributed by atoms with Crippen LogP contribution in [0, 0.1) is 5.92 Å². The SMILES string of the molecule is CCNC(C)c1cc(Br)ccc1OC(C)CC(C)C. The minimum atomic E-state index is 0.244. The predicted octanol–water partition coefficient (Wildman–Crippen LogP) is 4.93. The Morgan fingerprint density at radius 3 is 2.47 bits per heavy atom. The highest BCUT2D eigenvalue weighted by Crippen LogP contribution is 2.30. The largest absolute Gasteiger partial charge is 0.490 e. The van der Waals surface area contributed by atoms with Gasteiger partial charge in [0.1, 0.15) is 5.75 Å². The molecule has 0 aliphatic rings. The number of hydrogen-bond acceptors (Lipinski definition) is 2. The van der Waals surface area contributed by atoms with E-state index >= 15 is 0 Å². The fraction of sp³-hybridized carbons (Fsp3) is 0.625. The first-order valence-electron chi connectivity index (χ1n) is 7.13. The average Bonchev–Trinajstić information content (AvgIpc) is 2.30. The van der Waals surface area contributed by atoms with Crippen LogP contribution in [-0.4, -0.2) is 12.6 Å². The molecule has 0 amide bonds. The van der Waals surface area contributed by atoms with E-state index in [1.165, 1.54) is 5.56 Å². The Balaban J connectivity index is 2.87. The zero-order valence-corrected chi connectivity index (χ0v) is 14.3. The fourth-order valence-electron chi connectivity index (χ4n) is 2.31. The van der Waals surface area contributed by atoms with Gasteiger partial charge in [-0.15, -0.1) is 0 Å². The molecular weight excluding hydrogens is 302 g/mol. The third-order valence-corrected chi connectivity index (χ3v) is 3.57. The standard InChI is InChI=1S/C16H26BrNO/c1-6-18-13(5)15-10-14(17)7-8-16(15)19-12(4)9-11(2)3/h7-8,10-13,18H,6,9H2,1-5H3. The molecule has 1 aromatic carbocycles. The molecule has 0 bridgehead atoms. The molecular formula is C16H26BrNO. The van der Waals surface area contributed by atoms with Crippen molar-refractivity contribution < 1.29 is 4.74 Å². The van der Waals surface area contributed by atoms with Crippen molar-refractivity contribution in [3.63, 3.8) is 0 Å². The quantitative estimate of drug-likeness (QED) is 0.766. The van der Waals surface area contributed by atoms with E-state index in [9.17, 15) is 0 Å². The van der Waals surface area contributed by atoms with Crippen LogP contribution in [0.3, 0.4) is 0 Å². The number of benzene rings is 1. The van der Waals surface area contributed by atoms with E-state index < -0.39 is 0 Å². The second kappa shape index (κ2) is 7.91. The first kappa shape index (κ1) is 16.5. The first-order valence-corrected chi connectivity index (χ1v) is 7.92. The maximum absolute atomic E-state index is 6.12. The van der Waals surface area contributed by atoms with Gasteiger partial charge >= 0.3 is 0 Å². The molecule has 0 heterocycles. The van der Waals surface area contributed by atoms with Crippen LogP contribution in [0.25, 0.3) is 0 Å². The summed E-state index contributed by atoms with van der Waals surface area (Å²) in [5, 5.41) is 3.44. The molecule has 1 rings (SSSR count). The lowest BCUT2D eigenvalue weighted by Gasteiger charge is -2.22. The van der Waals surface area contributed by atoms with Crippen LogP contribution >= 0.6 is 15.9 Å². The van der Waals surface area contributed by atoms with E-state index in [4.69, 9.17) is 4.74 Å². The molecule has 2 nitrogen and oxygen atoms in total. The van der Waals surface area contributed by atoms with Gasteiger partial charge in [-0.1, -0.05) is 36.7 Å². The molecule has 1 N–H and O–H groups in total. The monoisotopic (exact) mass is 327 g/mol. The van der Waals surface area contributed by atoms with Crippen molar-refractivity contribution in [1.29, 1.82) is 0 Å². The van der Waals surface area contributed by atoms with Crippen LogP contribution in [-0.2, 0) is 0 Å². The Bertz CT molecular complexity index is 392. The number of rotatable bonds is 7. The number of ether oxygens (including phenoxy) is 1. The summed E-state index contributed by atoms with van der Waals surface area (Å²) in [5.74, 6) is 1.64. The molecule has 0 aliphatic carbocycles. The van der Waals surface area contributed by atoms with E-state index in [-0.39, 0.29) is 6.10 Å². The van der Waals surface area contributed by atoms with Gasteiger partial charge < -0.3 is 10.1 Å². The van der Waals surface area contributed by atoms with Gasteiger partial charge in [0, 0.05) is 16.1 Å². The van der Waals surface area contributed by atoms with Gasteiger partial charge in [0.25, 0.3) is 0 Å². The van der Waals surface area contributed by atoms with Crippen LogP contribution in [0.4, 0.5) is 0 Å². The van der Waals surface area contributed by atoms with Gasteiger partial charge in [-0.3, -0.25) is 0 Å². The Kier molecular flexibility index (Phi) is 6.87. The van der Waals surface area contributed by atoms with Crippen molar-refractivity contribution in [2.75, 3.05) is 6.54 Å². The van der Waals surface area contributed by atoms with Gasteiger partial charge in [0.05, 0.1) is 6.10 Å². The lowest BCUT2D eigenvalue weighted by Crippen LogP contribution is -2.20. The van der Waals surface area contributed by atoms with Gasteiger partial charge in [0.2, 0.25) is 0 Å². The topological polar surface area (TPSA) is 21.3 Å². The number of hydrogen-bond donors (Lipinski definition) is 1. The fourth-order valence-corrected chi connectivity index (χ4v) is 2.69. The molecule has 108 valence electrons. The molecule has 0 saturated carbocycles. The maximum atomic E-state index is 6.12. The Labute approximate surface area is 126 Å². The smallest absolute Gasteiger partial charge is 0.124 e. The summed E-state index contributed by atoms with van der Waals surface area (Å²) in [5.41, 5.74) is 1.21. The molecule has 0 saturated heterocycles. The Hall–Kier alpha value is -0.540. The highest BCUT2D eigenvalue weighted by Gasteiger charge is 2.14. The molecule has 0 aromatic heterocycles. The van der Waals surface area contributed by atoms with Gasteiger partial charge in [-0.25, -0.2) is 0 Å². The van der Waals surface area contributed by atoms with Crippen molar-refractivity contribution in [2.45, 2.75) is 53.2 Å². The van der Waals surface area contributed by atoms with Crippen LogP contribution in [0.5, 0.6) is 5.75 Å². The number of nitrogens with one attached hydrogen (secondary N) is 1. The lowest BCUT2D eigenvalue weighted by atomic mass is 10.1. The lowest BCUT2D eigenvalue weighted by molar-refractivity contribution is 0.190. The Morgan fingerprint density at radius 2 is 1.89 bits per heavy atom. The summed E-state index contributed by atoms with van der Waals surface area (Å²) in [7, 11) is 0. The van der Waals surface area contributed by atoms with Crippen molar-refractivity contribution in [2.24, 2.45) is 5.92 Å². The summed E-state index contributed by atoms with van der Waals surface area (Å²) in [6, 6.07) is 6.54. The van der Waals surface area contributed by atoms with Gasteiger partial charge in [-0.2, -0.15) is 0 Å². The minimum absolute atomic E-state index is 0.244. The van der Waals surface area contributed by atoms with Crippen LogP contribution in [0.2, 0.25) is 0 Å². The summed E-state index contributed by atoms with van der Waals surface area (Å²) in [6.45, 7) is 11.8. The van der Waals surface area contributed by atoms with E-state index in [0.29, 0.717) is 12.0 Å². The van der Waals surface area contributed by atoms with Gasteiger partial charge in [0.15, 0.2) is 0 Å². The summed E-state index contributed by atoms with van der Waals surface area (Å²) in [4.78, 5) is 0. The third kappa shape index (κ3) is 5.53. The van der Waals surface area contributed by atoms with E-state index in [0.717, 1.165) is 23.2 Å². The van der Waals surface area contributed by atoms with E-state index in [1.54, 1.807) is 0 Å². The molecule has 19 heavy (non-hydrogen) atoms. The van der Waals surface area contributed by atoms with E-state index in [1.807, 2.05) is 6.07 Å². The van der Waals surface area contributed by atoms with Crippen LogP contribution in [0.1, 0.15) is 52.6 Å². The first-order chi connectivity index (χ1) is 8.93. The molecule has 2 unspecified atom stereocenters. The molecule has 1 aromatic rings. The van der Waals surface area contributed by atoms with Crippen molar-refractivity contribution >= 4 is 15.9 Å².